The van der Waals surface area contributed by atoms with Gasteiger partial charge in [0.05, 0.1) is 6.26 Å². The summed E-state index contributed by atoms with van der Waals surface area (Å²) in [6.45, 7) is 0. The summed E-state index contributed by atoms with van der Waals surface area (Å²) >= 11 is 0. The molecule has 0 aromatic carbocycles. The predicted octanol–water partition coefficient (Wildman–Crippen LogP) is 0.902. The third-order valence-corrected chi connectivity index (χ3v) is 3.36. The van der Waals surface area contributed by atoms with Crippen LogP contribution in [0.25, 0.3) is 0 Å². The van der Waals surface area contributed by atoms with Crippen LogP contribution in [0.1, 0.15) is 29.8 Å². The highest BCUT2D eigenvalue weighted by molar-refractivity contribution is 5.91. The fourth-order valence-corrected chi connectivity index (χ4v) is 2.63. The molecular weight excluding hydrogens is 192 g/mol. The summed E-state index contributed by atoms with van der Waals surface area (Å²) in [5.74, 6) is 0.303. The minimum atomic E-state index is -0.0978. The van der Waals surface area contributed by atoms with Crippen molar-refractivity contribution in [1.82, 2.24) is 10.6 Å². The quantitative estimate of drug-likeness (QED) is 0.756. The first-order valence-corrected chi connectivity index (χ1v) is 5.43. The van der Waals surface area contributed by atoms with Gasteiger partial charge in [-0.1, -0.05) is 0 Å². The summed E-state index contributed by atoms with van der Waals surface area (Å²) < 4.78 is 5.05. The molecule has 2 aliphatic rings. The molecule has 1 aromatic heterocycles. The standard InChI is InChI=1S/C11H14N2O2/c14-11(10-2-1-5-15-10)13-9-6-7-3-4-8(9)12-7/h1-2,5,7-9,12H,3-4,6H2,(H,13,14)/t7?,8?,9-/m1/s1. The van der Waals surface area contributed by atoms with Crippen LogP contribution in [0.15, 0.2) is 22.8 Å². The fraction of sp³-hybridized carbons (Fsp3) is 0.545. The molecule has 0 aliphatic carbocycles. The SMILES string of the molecule is O=C(N[C@@H]1CC2CCC1N2)c1ccco1. The topological polar surface area (TPSA) is 54.3 Å². The van der Waals surface area contributed by atoms with E-state index in [1.807, 2.05) is 0 Å². The van der Waals surface area contributed by atoms with Crippen molar-refractivity contribution in [3.63, 3.8) is 0 Å². The maximum Gasteiger partial charge on any atom is 0.287 e. The molecular formula is C11H14N2O2. The van der Waals surface area contributed by atoms with Crippen LogP contribution in [-0.4, -0.2) is 24.0 Å². The van der Waals surface area contributed by atoms with Crippen LogP contribution < -0.4 is 10.6 Å². The molecule has 2 unspecified atom stereocenters. The van der Waals surface area contributed by atoms with E-state index in [0.717, 1.165) is 6.42 Å². The van der Waals surface area contributed by atoms with Gasteiger partial charge < -0.3 is 15.1 Å². The normalized spacial score (nSPS) is 33.2. The van der Waals surface area contributed by atoms with Crippen LogP contribution in [0.5, 0.6) is 0 Å². The van der Waals surface area contributed by atoms with Gasteiger partial charge in [-0.2, -0.15) is 0 Å². The van der Waals surface area contributed by atoms with E-state index in [9.17, 15) is 4.79 Å². The van der Waals surface area contributed by atoms with Crippen molar-refractivity contribution in [2.24, 2.45) is 0 Å². The van der Waals surface area contributed by atoms with Crippen molar-refractivity contribution in [3.8, 4) is 0 Å². The molecule has 4 nitrogen and oxygen atoms in total. The third-order valence-electron chi connectivity index (χ3n) is 3.36. The van der Waals surface area contributed by atoms with E-state index in [0.29, 0.717) is 17.8 Å². The molecule has 2 fully saturated rings. The lowest BCUT2D eigenvalue weighted by atomic mass is 9.95. The number of hydrogen-bond acceptors (Lipinski definition) is 3. The van der Waals surface area contributed by atoms with E-state index < -0.39 is 0 Å². The Kier molecular flexibility index (Phi) is 2.02. The molecule has 0 spiro atoms. The van der Waals surface area contributed by atoms with Crippen LogP contribution in [0.4, 0.5) is 0 Å². The number of carbonyl (C=O) groups excluding carboxylic acids is 1. The Morgan fingerprint density at radius 1 is 1.53 bits per heavy atom. The summed E-state index contributed by atoms with van der Waals surface area (Å²) in [6.07, 6.45) is 5.00. The van der Waals surface area contributed by atoms with Crippen LogP contribution in [0.2, 0.25) is 0 Å². The van der Waals surface area contributed by atoms with E-state index in [1.54, 1.807) is 12.1 Å². The van der Waals surface area contributed by atoms with E-state index in [-0.39, 0.29) is 11.9 Å². The highest BCUT2D eigenvalue weighted by Crippen LogP contribution is 2.28. The zero-order chi connectivity index (χ0) is 10.3. The molecule has 1 aromatic rings. The highest BCUT2D eigenvalue weighted by Gasteiger charge is 2.39. The number of hydrogen-bond donors (Lipinski definition) is 2. The third kappa shape index (κ3) is 1.55. The summed E-state index contributed by atoms with van der Waals surface area (Å²) in [7, 11) is 0. The summed E-state index contributed by atoms with van der Waals surface area (Å²) in [5.41, 5.74) is 0. The largest absolute Gasteiger partial charge is 0.459 e. The lowest BCUT2D eigenvalue weighted by molar-refractivity contribution is 0.0903. The minimum absolute atomic E-state index is 0.0978. The van der Waals surface area contributed by atoms with Crippen molar-refractivity contribution >= 4 is 5.91 Å². The van der Waals surface area contributed by atoms with E-state index in [4.69, 9.17) is 4.42 Å². The first-order valence-electron chi connectivity index (χ1n) is 5.43. The molecule has 2 aliphatic heterocycles. The molecule has 4 heteroatoms. The smallest absolute Gasteiger partial charge is 0.287 e. The Balaban J connectivity index is 1.64. The molecule has 2 saturated heterocycles. The Hall–Kier alpha value is -1.29. The number of nitrogens with one attached hydrogen (secondary N) is 2. The molecule has 1 amide bonds. The van der Waals surface area contributed by atoms with Gasteiger partial charge in [-0.15, -0.1) is 0 Å². The lowest BCUT2D eigenvalue weighted by Gasteiger charge is -2.20. The van der Waals surface area contributed by atoms with Gasteiger partial charge >= 0.3 is 0 Å². The Labute approximate surface area is 88.0 Å². The maximum atomic E-state index is 11.7. The van der Waals surface area contributed by atoms with Gasteiger partial charge in [0.25, 0.3) is 5.91 Å². The summed E-state index contributed by atoms with van der Waals surface area (Å²) in [5, 5.41) is 6.50. The molecule has 80 valence electrons. The van der Waals surface area contributed by atoms with E-state index in [2.05, 4.69) is 10.6 Å². The Morgan fingerprint density at radius 2 is 2.47 bits per heavy atom. The molecule has 2 bridgehead atoms. The fourth-order valence-electron chi connectivity index (χ4n) is 2.63. The Bertz CT molecular complexity index is 361. The van der Waals surface area contributed by atoms with Gasteiger partial charge in [-0.05, 0) is 31.4 Å². The van der Waals surface area contributed by atoms with Crippen molar-refractivity contribution < 1.29 is 9.21 Å². The highest BCUT2D eigenvalue weighted by atomic mass is 16.3. The molecule has 3 heterocycles. The van der Waals surface area contributed by atoms with E-state index >= 15 is 0 Å². The molecule has 15 heavy (non-hydrogen) atoms. The number of furan rings is 1. The zero-order valence-electron chi connectivity index (χ0n) is 8.40. The predicted molar refractivity (Wildman–Crippen MR) is 54.5 cm³/mol. The van der Waals surface area contributed by atoms with Crippen molar-refractivity contribution in [1.29, 1.82) is 0 Å². The van der Waals surface area contributed by atoms with Gasteiger partial charge in [0.1, 0.15) is 0 Å². The van der Waals surface area contributed by atoms with Crippen LogP contribution in [-0.2, 0) is 0 Å². The average Bonchev–Trinajstić information content (AvgIpc) is 2.95. The number of rotatable bonds is 2. The molecule has 0 saturated carbocycles. The zero-order valence-corrected chi connectivity index (χ0v) is 8.40. The summed E-state index contributed by atoms with van der Waals surface area (Å²) in [4.78, 5) is 11.7. The van der Waals surface area contributed by atoms with Crippen LogP contribution in [0, 0.1) is 0 Å². The average molecular weight is 206 g/mol. The van der Waals surface area contributed by atoms with Gasteiger partial charge in [-0.25, -0.2) is 0 Å². The minimum Gasteiger partial charge on any atom is -0.459 e. The van der Waals surface area contributed by atoms with Gasteiger partial charge in [0.15, 0.2) is 5.76 Å². The van der Waals surface area contributed by atoms with Crippen LogP contribution in [0.3, 0.4) is 0 Å². The van der Waals surface area contributed by atoms with Crippen LogP contribution >= 0.6 is 0 Å². The second kappa shape index (κ2) is 3.38. The lowest BCUT2D eigenvalue weighted by Crippen LogP contribution is -2.42. The number of fused-ring (bicyclic) bond motifs is 2. The molecule has 3 atom stereocenters. The summed E-state index contributed by atoms with van der Waals surface area (Å²) in [6, 6.07) is 4.77. The first kappa shape index (κ1) is 8.97. The van der Waals surface area contributed by atoms with Gasteiger partial charge in [0, 0.05) is 18.1 Å². The molecule has 2 N–H and O–H groups in total. The molecule has 0 radical (unpaired) electrons. The van der Waals surface area contributed by atoms with Gasteiger partial charge in [0.2, 0.25) is 0 Å². The van der Waals surface area contributed by atoms with Crippen molar-refractivity contribution in [2.45, 2.75) is 37.4 Å². The van der Waals surface area contributed by atoms with Gasteiger partial charge in [-0.3, -0.25) is 4.79 Å². The number of carbonyl (C=O) groups is 1. The molecule has 3 rings (SSSR count). The second-order valence-electron chi connectivity index (χ2n) is 4.34. The maximum absolute atomic E-state index is 11.7. The Morgan fingerprint density at radius 3 is 3.07 bits per heavy atom. The number of amides is 1. The van der Waals surface area contributed by atoms with Crippen molar-refractivity contribution in [2.75, 3.05) is 0 Å². The monoisotopic (exact) mass is 206 g/mol. The first-order chi connectivity index (χ1) is 7.33. The van der Waals surface area contributed by atoms with E-state index in [1.165, 1.54) is 19.1 Å². The van der Waals surface area contributed by atoms with Crippen molar-refractivity contribution in [3.05, 3.63) is 24.2 Å². The second-order valence-corrected chi connectivity index (χ2v) is 4.34.